The molecule has 2 rings (SSSR count). The normalized spacial score (nSPS) is 15.1. The van der Waals surface area contributed by atoms with Gasteiger partial charge in [0.1, 0.15) is 16.4 Å². The monoisotopic (exact) mass is 315 g/mol. The van der Waals surface area contributed by atoms with Gasteiger partial charge in [-0.2, -0.15) is 11.8 Å². The molecule has 1 N–H and O–H groups in total. The van der Waals surface area contributed by atoms with Gasteiger partial charge in [0.15, 0.2) is 0 Å². The van der Waals surface area contributed by atoms with E-state index in [0.29, 0.717) is 34.0 Å². The lowest BCUT2D eigenvalue weighted by Gasteiger charge is -2.26. The number of benzene rings is 1. The second-order valence-corrected chi connectivity index (χ2v) is 6.02. The van der Waals surface area contributed by atoms with Gasteiger partial charge < -0.3 is 18.9 Å². The number of carbonyl (C=O) groups is 1. The summed E-state index contributed by atoms with van der Waals surface area (Å²) in [5.74, 6) is 2.77. The first kappa shape index (κ1) is 15.3. The first-order valence-electron chi connectivity index (χ1n) is 6.15. The molecule has 1 aliphatic rings. The molecule has 1 aromatic rings. The molecular formula is C13H17NO4S2. The maximum absolute atomic E-state index is 12.5. The molecule has 0 saturated carbocycles. The Hall–Kier alpha value is -1.05. The van der Waals surface area contributed by atoms with Crippen LogP contribution in [-0.2, 0) is 0 Å². The van der Waals surface area contributed by atoms with Gasteiger partial charge in [-0.1, -0.05) is 0 Å². The van der Waals surface area contributed by atoms with E-state index in [9.17, 15) is 9.35 Å². The van der Waals surface area contributed by atoms with Gasteiger partial charge in [-0.3, -0.25) is 4.79 Å². The molecule has 0 unspecified atom stereocenters. The maximum atomic E-state index is 12.5. The van der Waals surface area contributed by atoms with Crippen LogP contribution in [0.4, 0.5) is 0 Å². The topological polar surface area (TPSA) is 59.0 Å². The van der Waals surface area contributed by atoms with Crippen LogP contribution in [0.5, 0.6) is 11.5 Å². The molecule has 0 bridgehead atoms. The van der Waals surface area contributed by atoms with Crippen molar-refractivity contribution < 1.29 is 18.8 Å². The predicted octanol–water partition coefficient (Wildman–Crippen LogP) is 2.46. The van der Waals surface area contributed by atoms with E-state index in [0.717, 1.165) is 24.6 Å². The van der Waals surface area contributed by atoms with E-state index in [1.165, 1.54) is 14.2 Å². The van der Waals surface area contributed by atoms with Crippen LogP contribution >= 0.6 is 23.8 Å². The number of hydrogen-bond donors (Lipinski definition) is 1. The summed E-state index contributed by atoms with van der Waals surface area (Å²) < 4.78 is 19.7. The summed E-state index contributed by atoms with van der Waals surface area (Å²) in [7, 11) is 3.00. The van der Waals surface area contributed by atoms with E-state index in [-0.39, 0.29) is 5.91 Å². The predicted molar refractivity (Wildman–Crippen MR) is 81.3 cm³/mol. The van der Waals surface area contributed by atoms with Crippen LogP contribution in [0.15, 0.2) is 17.0 Å². The summed E-state index contributed by atoms with van der Waals surface area (Å²) >= 11 is 2.40. The lowest BCUT2D eigenvalue weighted by atomic mass is 10.1. The Morgan fingerprint density at radius 2 is 1.80 bits per heavy atom. The summed E-state index contributed by atoms with van der Waals surface area (Å²) in [4.78, 5) is 14.8. The molecule has 110 valence electrons. The number of hydrogen-bond acceptors (Lipinski definition) is 6. The second-order valence-electron chi connectivity index (χ2n) is 4.21. The average Bonchev–Trinajstić information content (AvgIpc) is 2.53. The Bertz CT molecular complexity index is 464. The van der Waals surface area contributed by atoms with Crippen molar-refractivity contribution in [3.63, 3.8) is 0 Å². The fourth-order valence-corrected chi connectivity index (χ4v) is 3.41. The van der Waals surface area contributed by atoms with Crippen LogP contribution in [0.25, 0.3) is 0 Å². The van der Waals surface area contributed by atoms with Crippen LogP contribution in [0.3, 0.4) is 0 Å². The molecule has 20 heavy (non-hydrogen) atoms. The van der Waals surface area contributed by atoms with Crippen molar-refractivity contribution in [2.75, 3.05) is 38.8 Å². The zero-order valence-electron chi connectivity index (χ0n) is 11.4. The van der Waals surface area contributed by atoms with Gasteiger partial charge in [0.05, 0.1) is 14.2 Å². The van der Waals surface area contributed by atoms with Crippen LogP contribution in [-0.4, -0.2) is 54.2 Å². The van der Waals surface area contributed by atoms with E-state index in [1.54, 1.807) is 12.1 Å². The van der Waals surface area contributed by atoms with Crippen LogP contribution in [0.2, 0.25) is 0 Å². The van der Waals surface area contributed by atoms with Crippen molar-refractivity contribution in [2.45, 2.75) is 4.90 Å². The summed E-state index contributed by atoms with van der Waals surface area (Å²) in [6.45, 7) is 1.51. The standard InChI is InChI=1S/C13H17NO4S2/c1-17-10-7-9(8-11(18-2)12(10)20-16)13(15)14-3-5-19-6-4-14/h7-8,16H,3-6H2,1-2H3. The largest absolute Gasteiger partial charge is 0.495 e. The average molecular weight is 315 g/mol. The third-order valence-electron chi connectivity index (χ3n) is 3.10. The van der Waals surface area contributed by atoms with Gasteiger partial charge in [-0.15, -0.1) is 0 Å². The molecule has 0 radical (unpaired) electrons. The van der Waals surface area contributed by atoms with Crippen LogP contribution in [0, 0.1) is 0 Å². The van der Waals surface area contributed by atoms with Crippen molar-refractivity contribution in [1.82, 2.24) is 4.90 Å². The minimum atomic E-state index is -0.0311. The number of methoxy groups -OCH3 is 2. The number of ether oxygens (including phenoxy) is 2. The van der Waals surface area contributed by atoms with Crippen LogP contribution < -0.4 is 9.47 Å². The minimum Gasteiger partial charge on any atom is -0.495 e. The highest BCUT2D eigenvalue weighted by molar-refractivity contribution is 7.99. The Labute approximate surface area is 126 Å². The molecule has 1 saturated heterocycles. The van der Waals surface area contributed by atoms with E-state index < -0.39 is 0 Å². The molecule has 0 aromatic heterocycles. The van der Waals surface area contributed by atoms with Gasteiger partial charge in [-0.05, 0) is 12.1 Å². The molecule has 1 aliphatic heterocycles. The van der Waals surface area contributed by atoms with Gasteiger partial charge in [0.2, 0.25) is 0 Å². The Morgan fingerprint density at radius 1 is 1.25 bits per heavy atom. The zero-order valence-corrected chi connectivity index (χ0v) is 13.1. The van der Waals surface area contributed by atoms with Gasteiger partial charge in [-0.25, -0.2) is 0 Å². The van der Waals surface area contributed by atoms with E-state index in [2.05, 4.69) is 0 Å². The lowest BCUT2D eigenvalue weighted by molar-refractivity contribution is 0.0771. The van der Waals surface area contributed by atoms with Crippen molar-refractivity contribution >= 4 is 29.7 Å². The molecule has 0 atom stereocenters. The fourth-order valence-electron chi connectivity index (χ4n) is 2.04. The smallest absolute Gasteiger partial charge is 0.254 e. The molecular weight excluding hydrogens is 298 g/mol. The zero-order chi connectivity index (χ0) is 14.5. The Balaban J connectivity index is 2.33. The lowest BCUT2D eigenvalue weighted by Crippen LogP contribution is -2.37. The number of amides is 1. The number of rotatable bonds is 4. The van der Waals surface area contributed by atoms with E-state index in [1.807, 2.05) is 16.7 Å². The molecule has 0 spiro atoms. The molecule has 1 amide bonds. The quantitative estimate of drug-likeness (QED) is 0.861. The highest BCUT2D eigenvalue weighted by Crippen LogP contribution is 2.37. The maximum Gasteiger partial charge on any atom is 0.254 e. The molecule has 7 heteroatoms. The third-order valence-corrected chi connectivity index (χ3v) is 4.62. The fraction of sp³-hybridized carbons (Fsp3) is 0.462. The molecule has 5 nitrogen and oxygen atoms in total. The van der Waals surface area contributed by atoms with Crippen molar-refractivity contribution in [3.8, 4) is 11.5 Å². The molecule has 0 aliphatic carbocycles. The van der Waals surface area contributed by atoms with E-state index >= 15 is 0 Å². The van der Waals surface area contributed by atoms with Gasteiger partial charge >= 0.3 is 0 Å². The van der Waals surface area contributed by atoms with Crippen molar-refractivity contribution in [2.24, 2.45) is 0 Å². The highest BCUT2D eigenvalue weighted by Gasteiger charge is 2.22. The third kappa shape index (κ3) is 3.16. The Kier molecular flexibility index (Phi) is 5.45. The SMILES string of the molecule is COc1cc(C(=O)N2CCSCC2)cc(OC)c1SO. The molecule has 1 fully saturated rings. The minimum absolute atomic E-state index is 0.0311. The summed E-state index contributed by atoms with van der Waals surface area (Å²) in [5.41, 5.74) is 0.517. The summed E-state index contributed by atoms with van der Waals surface area (Å²) in [6.07, 6.45) is 0. The summed E-state index contributed by atoms with van der Waals surface area (Å²) in [6, 6.07) is 3.29. The second kappa shape index (κ2) is 7.10. The van der Waals surface area contributed by atoms with E-state index in [4.69, 9.17) is 9.47 Å². The van der Waals surface area contributed by atoms with Gasteiger partial charge in [0, 0.05) is 42.2 Å². The van der Waals surface area contributed by atoms with Crippen molar-refractivity contribution in [3.05, 3.63) is 17.7 Å². The molecule has 1 aromatic carbocycles. The van der Waals surface area contributed by atoms with Gasteiger partial charge in [0.25, 0.3) is 5.91 Å². The highest BCUT2D eigenvalue weighted by atomic mass is 32.2. The first-order valence-corrected chi connectivity index (χ1v) is 8.08. The molecule has 1 heterocycles. The summed E-state index contributed by atoms with van der Waals surface area (Å²) in [5, 5.41) is 0. The first-order chi connectivity index (χ1) is 9.71. The Morgan fingerprint density at radius 3 is 2.25 bits per heavy atom. The number of thioether (sulfide) groups is 1. The number of carbonyl (C=O) groups excluding carboxylic acids is 1. The van der Waals surface area contributed by atoms with Crippen LogP contribution in [0.1, 0.15) is 10.4 Å². The van der Waals surface area contributed by atoms with Crippen molar-refractivity contribution in [1.29, 1.82) is 0 Å². The number of nitrogens with zero attached hydrogens (tertiary/aromatic N) is 1.